The van der Waals surface area contributed by atoms with Gasteiger partial charge in [0.2, 0.25) is 0 Å². The number of aromatic nitrogens is 1. The number of hydrogen-bond donors (Lipinski definition) is 0. The van der Waals surface area contributed by atoms with E-state index in [4.69, 9.17) is 9.47 Å². The van der Waals surface area contributed by atoms with Gasteiger partial charge in [0.25, 0.3) is 0 Å². The molecule has 1 aliphatic rings. The lowest BCUT2D eigenvalue weighted by Crippen LogP contribution is -2.27. The number of methoxy groups -OCH3 is 2. The molecule has 0 N–H and O–H groups in total. The number of esters is 2. The van der Waals surface area contributed by atoms with Crippen LogP contribution in [0.3, 0.4) is 0 Å². The third-order valence-corrected chi connectivity index (χ3v) is 4.36. The van der Waals surface area contributed by atoms with Crippen LogP contribution >= 0.6 is 0 Å². The van der Waals surface area contributed by atoms with Crippen molar-refractivity contribution in [2.45, 2.75) is 0 Å². The van der Waals surface area contributed by atoms with E-state index in [1.54, 1.807) is 29.4 Å². The quantitative estimate of drug-likeness (QED) is 0.757. The van der Waals surface area contributed by atoms with Crippen LogP contribution in [0.4, 0.5) is 11.4 Å². The molecule has 0 amide bonds. The third-order valence-electron chi connectivity index (χ3n) is 4.36. The molecule has 1 aromatic heterocycles. The molecule has 0 saturated heterocycles. The van der Waals surface area contributed by atoms with Gasteiger partial charge in [0.1, 0.15) is 5.70 Å². The Balaban J connectivity index is 2.31. The zero-order valence-corrected chi connectivity index (χ0v) is 16.2. The normalized spacial score (nSPS) is 13.5. The van der Waals surface area contributed by atoms with E-state index >= 15 is 0 Å². The summed E-state index contributed by atoms with van der Waals surface area (Å²) in [5, 5.41) is 0.825. The first-order valence-corrected chi connectivity index (χ1v) is 8.59. The summed E-state index contributed by atoms with van der Waals surface area (Å²) in [5.41, 5.74) is 2.58. The first-order chi connectivity index (χ1) is 13.5. The van der Waals surface area contributed by atoms with Gasteiger partial charge in [0.15, 0.2) is 0 Å². The molecule has 2 heterocycles. The Morgan fingerprint density at radius 3 is 2.46 bits per heavy atom. The number of allylic oxidation sites excluding steroid dienone is 2. The van der Waals surface area contributed by atoms with Crippen molar-refractivity contribution >= 4 is 34.2 Å². The number of fused-ring (bicyclic) bond motifs is 1. The number of benzene rings is 1. The molecule has 0 spiro atoms. The lowest BCUT2D eigenvalue weighted by Gasteiger charge is -2.25. The van der Waals surface area contributed by atoms with Crippen LogP contribution < -0.4 is 9.80 Å². The van der Waals surface area contributed by atoms with Gasteiger partial charge in [-0.3, -0.25) is 4.98 Å². The second-order valence-electron chi connectivity index (χ2n) is 6.21. The first-order valence-electron chi connectivity index (χ1n) is 8.59. The molecular formula is C21H21N3O4. The summed E-state index contributed by atoms with van der Waals surface area (Å²) in [7, 11) is 6.42. The van der Waals surface area contributed by atoms with E-state index in [0.717, 1.165) is 16.6 Å². The van der Waals surface area contributed by atoms with Crippen LogP contribution in [-0.2, 0) is 19.1 Å². The van der Waals surface area contributed by atoms with Crippen molar-refractivity contribution in [1.29, 1.82) is 0 Å². The summed E-state index contributed by atoms with van der Waals surface area (Å²) in [5.74, 6) is -1.27. The number of ether oxygens (including phenoxy) is 2. The minimum atomic E-state index is -0.648. The summed E-state index contributed by atoms with van der Waals surface area (Å²) in [6, 6.07) is 7.55. The monoisotopic (exact) mass is 379 g/mol. The molecule has 0 unspecified atom stereocenters. The van der Waals surface area contributed by atoms with E-state index in [0.29, 0.717) is 5.69 Å². The molecule has 144 valence electrons. The van der Waals surface area contributed by atoms with Crippen molar-refractivity contribution in [2.24, 2.45) is 0 Å². The zero-order valence-electron chi connectivity index (χ0n) is 16.2. The average Bonchev–Trinajstić information content (AvgIpc) is 2.94. The van der Waals surface area contributed by atoms with Gasteiger partial charge in [-0.1, -0.05) is 6.08 Å². The molecule has 0 fully saturated rings. The molecule has 0 radical (unpaired) electrons. The van der Waals surface area contributed by atoms with Gasteiger partial charge in [0, 0.05) is 31.9 Å². The lowest BCUT2D eigenvalue weighted by atomic mass is 10.1. The molecule has 7 heteroatoms. The van der Waals surface area contributed by atoms with E-state index in [9.17, 15) is 9.59 Å². The Labute approximate surface area is 163 Å². The Morgan fingerprint density at radius 1 is 1.04 bits per heavy atom. The summed E-state index contributed by atoms with van der Waals surface area (Å²) >= 11 is 0. The van der Waals surface area contributed by atoms with E-state index in [-0.39, 0.29) is 11.3 Å². The highest BCUT2D eigenvalue weighted by atomic mass is 16.5. The Hall–Kier alpha value is -3.61. The van der Waals surface area contributed by atoms with Gasteiger partial charge >= 0.3 is 11.9 Å². The molecule has 1 aromatic carbocycles. The van der Waals surface area contributed by atoms with Gasteiger partial charge in [-0.05, 0) is 36.4 Å². The number of carbonyl (C=O) groups excluding carboxylic acids is 2. The predicted octanol–water partition coefficient (Wildman–Crippen LogP) is 2.79. The van der Waals surface area contributed by atoms with Gasteiger partial charge in [0.05, 0.1) is 36.7 Å². The maximum Gasteiger partial charge on any atom is 0.355 e. The Bertz CT molecular complexity index is 1020. The number of nitrogens with zero attached hydrogens (tertiary/aromatic N) is 3. The molecule has 3 rings (SSSR count). The molecule has 1 aliphatic heterocycles. The first kappa shape index (κ1) is 19.2. The van der Waals surface area contributed by atoms with E-state index in [1.165, 1.54) is 20.3 Å². The van der Waals surface area contributed by atoms with Crippen LogP contribution in [0.1, 0.15) is 0 Å². The van der Waals surface area contributed by atoms with Crippen LogP contribution in [-0.4, -0.2) is 45.2 Å². The van der Waals surface area contributed by atoms with E-state index in [1.807, 2.05) is 43.3 Å². The number of hydrogen-bond acceptors (Lipinski definition) is 7. The second kappa shape index (κ2) is 7.96. The van der Waals surface area contributed by atoms with E-state index in [2.05, 4.69) is 4.98 Å². The topological polar surface area (TPSA) is 72.0 Å². The molecule has 0 saturated carbocycles. The number of carbonyl (C=O) groups is 2. The highest BCUT2D eigenvalue weighted by Gasteiger charge is 2.28. The van der Waals surface area contributed by atoms with E-state index < -0.39 is 11.9 Å². The zero-order chi connectivity index (χ0) is 20.3. The van der Waals surface area contributed by atoms with Crippen LogP contribution in [0.15, 0.2) is 66.2 Å². The number of rotatable bonds is 4. The Kier molecular flexibility index (Phi) is 5.44. The standard InChI is InChI=1S/C21H21N3O4/c1-23(2)17-11-10-16(14-9-7-12-22-18(14)17)24-13-6-5-8-15(20(25)27-3)19(24)21(26)28-4/h5-13H,1-4H3. The maximum atomic E-state index is 12.6. The number of anilines is 2. The maximum absolute atomic E-state index is 12.6. The summed E-state index contributed by atoms with van der Waals surface area (Å²) in [6.07, 6.45) is 8.36. The van der Waals surface area contributed by atoms with Crippen LogP contribution in [0.2, 0.25) is 0 Å². The summed E-state index contributed by atoms with van der Waals surface area (Å²) < 4.78 is 9.82. The van der Waals surface area contributed by atoms with Crippen LogP contribution in [0, 0.1) is 0 Å². The van der Waals surface area contributed by atoms with Gasteiger partial charge in [-0.15, -0.1) is 0 Å². The SMILES string of the molecule is COC(=O)C1=C(C(=O)OC)N(c2ccc(N(C)C)c3ncccc23)C=CC=C1. The highest BCUT2D eigenvalue weighted by molar-refractivity contribution is 6.08. The third kappa shape index (κ3) is 3.34. The van der Waals surface area contributed by atoms with Gasteiger partial charge < -0.3 is 19.3 Å². The molecule has 28 heavy (non-hydrogen) atoms. The summed E-state index contributed by atoms with van der Waals surface area (Å²) in [6.45, 7) is 0. The van der Waals surface area contributed by atoms with Crippen molar-refractivity contribution in [3.05, 3.63) is 66.2 Å². The van der Waals surface area contributed by atoms with Crippen LogP contribution in [0.25, 0.3) is 10.9 Å². The van der Waals surface area contributed by atoms with Crippen molar-refractivity contribution < 1.29 is 19.1 Å². The van der Waals surface area contributed by atoms with Gasteiger partial charge in [-0.25, -0.2) is 9.59 Å². The number of pyridine rings is 1. The minimum Gasteiger partial charge on any atom is -0.465 e. The lowest BCUT2D eigenvalue weighted by molar-refractivity contribution is -0.139. The largest absolute Gasteiger partial charge is 0.465 e. The average molecular weight is 379 g/mol. The van der Waals surface area contributed by atoms with Crippen LogP contribution in [0.5, 0.6) is 0 Å². The molecule has 0 bridgehead atoms. The molecule has 7 nitrogen and oxygen atoms in total. The molecule has 0 aliphatic carbocycles. The van der Waals surface area contributed by atoms with Crippen molar-refractivity contribution in [2.75, 3.05) is 38.1 Å². The smallest absolute Gasteiger partial charge is 0.355 e. The molecular weight excluding hydrogens is 358 g/mol. The van der Waals surface area contributed by atoms with Gasteiger partial charge in [-0.2, -0.15) is 0 Å². The fourth-order valence-corrected chi connectivity index (χ4v) is 3.06. The Morgan fingerprint density at radius 2 is 1.79 bits per heavy atom. The van der Waals surface area contributed by atoms with Crippen molar-refractivity contribution in [3.63, 3.8) is 0 Å². The summed E-state index contributed by atoms with van der Waals surface area (Å²) in [4.78, 5) is 33.1. The minimum absolute atomic E-state index is 0.0714. The highest BCUT2D eigenvalue weighted by Crippen LogP contribution is 2.35. The molecule has 0 atom stereocenters. The molecule has 2 aromatic rings. The van der Waals surface area contributed by atoms with Crippen molar-refractivity contribution in [3.8, 4) is 0 Å². The predicted molar refractivity (Wildman–Crippen MR) is 108 cm³/mol. The van der Waals surface area contributed by atoms with Crippen molar-refractivity contribution in [1.82, 2.24) is 4.98 Å². The second-order valence-corrected chi connectivity index (χ2v) is 6.21. The fourth-order valence-electron chi connectivity index (χ4n) is 3.06. The fraction of sp³-hybridized carbons (Fsp3) is 0.190.